The molecule has 1 rings (SSSR count). The number of carbonyl (C=O) groups is 1. The Balaban J connectivity index is 3.06. The van der Waals surface area contributed by atoms with Gasteiger partial charge < -0.3 is 14.2 Å². The van der Waals surface area contributed by atoms with Crippen LogP contribution < -0.4 is 5.46 Å². The predicted molar refractivity (Wildman–Crippen MR) is 50.6 cm³/mol. The van der Waals surface area contributed by atoms with E-state index in [0.717, 1.165) is 12.1 Å². The molecule has 0 aromatic heterocycles. The maximum Gasteiger partial charge on any atom is 0.491 e. The molecule has 7 heteroatoms. The van der Waals surface area contributed by atoms with Crippen LogP contribution in [0.2, 0.25) is 0 Å². The Labute approximate surface area is 85.1 Å². The lowest BCUT2D eigenvalue weighted by Crippen LogP contribution is -2.32. The first-order chi connectivity index (χ1) is 6.56. The van der Waals surface area contributed by atoms with Crippen LogP contribution in [0.1, 0.15) is 10.4 Å². The van der Waals surface area contributed by atoms with Gasteiger partial charge in [0.15, 0.2) is 0 Å². The number of thiol groups is 1. The summed E-state index contributed by atoms with van der Waals surface area (Å²) >= 11 is 3.26. The molecule has 0 unspecified atom stereocenters. The van der Waals surface area contributed by atoms with Crippen LogP contribution >= 0.6 is 12.9 Å². The third kappa shape index (κ3) is 2.25. The van der Waals surface area contributed by atoms with E-state index in [-0.39, 0.29) is 11.0 Å². The SMILES string of the molecule is O=C(OS)c1ccc(B(O)O)c(F)c1. The zero-order valence-electron chi connectivity index (χ0n) is 6.85. The minimum atomic E-state index is -1.91. The van der Waals surface area contributed by atoms with Crippen molar-refractivity contribution in [3.8, 4) is 0 Å². The summed E-state index contributed by atoms with van der Waals surface area (Å²) in [7, 11) is -1.91. The molecule has 0 radical (unpaired) electrons. The minimum Gasteiger partial charge on any atom is -0.423 e. The van der Waals surface area contributed by atoms with Gasteiger partial charge in [0.2, 0.25) is 0 Å². The zero-order valence-corrected chi connectivity index (χ0v) is 7.74. The van der Waals surface area contributed by atoms with Crippen molar-refractivity contribution >= 4 is 31.5 Å². The van der Waals surface area contributed by atoms with E-state index in [9.17, 15) is 9.18 Å². The molecule has 0 bridgehead atoms. The Hall–Kier alpha value is -1.05. The van der Waals surface area contributed by atoms with Gasteiger partial charge in [-0.25, -0.2) is 9.18 Å². The van der Waals surface area contributed by atoms with E-state index in [4.69, 9.17) is 10.0 Å². The summed E-state index contributed by atoms with van der Waals surface area (Å²) in [5.41, 5.74) is -0.359. The van der Waals surface area contributed by atoms with E-state index in [1.54, 1.807) is 0 Å². The second-order valence-corrected chi connectivity index (χ2v) is 2.67. The van der Waals surface area contributed by atoms with Crippen LogP contribution in [0.4, 0.5) is 4.39 Å². The molecule has 0 heterocycles. The molecule has 0 aliphatic heterocycles. The molecule has 0 aliphatic carbocycles. The summed E-state index contributed by atoms with van der Waals surface area (Å²) < 4.78 is 17.1. The van der Waals surface area contributed by atoms with Gasteiger partial charge in [-0.15, -0.1) is 0 Å². The Morgan fingerprint density at radius 2 is 2.14 bits per heavy atom. The van der Waals surface area contributed by atoms with Crippen molar-refractivity contribution in [3.63, 3.8) is 0 Å². The summed E-state index contributed by atoms with van der Waals surface area (Å²) in [6.07, 6.45) is 0. The average Bonchev–Trinajstić information content (AvgIpc) is 2.15. The largest absolute Gasteiger partial charge is 0.491 e. The number of carbonyl (C=O) groups excluding carboxylic acids is 1. The van der Waals surface area contributed by atoms with Crippen LogP contribution in [-0.2, 0) is 4.18 Å². The van der Waals surface area contributed by atoms with E-state index in [2.05, 4.69) is 17.1 Å². The summed E-state index contributed by atoms with van der Waals surface area (Å²) in [4.78, 5) is 10.9. The van der Waals surface area contributed by atoms with Crippen molar-refractivity contribution in [2.24, 2.45) is 0 Å². The Kier molecular flexibility index (Phi) is 3.51. The Bertz CT molecular complexity index is 358. The van der Waals surface area contributed by atoms with Gasteiger partial charge in [0.05, 0.1) is 5.56 Å². The van der Waals surface area contributed by atoms with E-state index >= 15 is 0 Å². The predicted octanol–water partition coefficient (Wildman–Crippen LogP) is -0.493. The third-order valence-electron chi connectivity index (χ3n) is 1.60. The lowest BCUT2D eigenvalue weighted by molar-refractivity contribution is 0.0771. The van der Waals surface area contributed by atoms with Crippen LogP contribution in [0.15, 0.2) is 18.2 Å². The minimum absolute atomic E-state index is 0.0538. The first-order valence-corrected chi connectivity index (χ1v) is 3.94. The molecular weight excluding hydrogens is 210 g/mol. The van der Waals surface area contributed by atoms with Crippen molar-refractivity contribution < 1.29 is 23.4 Å². The van der Waals surface area contributed by atoms with Crippen molar-refractivity contribution in [1.29, 1.82) is 0 Å². The van der Waals surface area contributed by atoms with Gasteiger partial charge in [0, 0.05) is 18.4 Å². The normalized spacial score (nSPS) is 9.71. The van der Waals surface area contributed by atoms with Crippen molar-refractivity contribution in [3.05, 3.63) is 29.6 Å². The molecule has 0 amide bonds. The molecule has 14 heavy (non-hydrogen) atoms. The van der Waals surface area contributed by atoms with Crippen LogP contribution in [0.25, 0.3) is 0 Å². The summed E-state index contributed by atoms with van der Waals surface area (Å²) in [5, 5.41) is 17.4. The number of hydrogen-bond donors (Lipinski definition) is 3. The van der Waals surface area contributed by atoms with Crippen molar-refractivity contribution in [2.45, 2.75) is 0 Å². The van der Waals surface area contributed by atoms with E-state index < -0.39 is 18.9 Å². The van der Waals surface area contributed by atoms with Crippen molar-refractivity contribution in [1.82, 2.24) is 0 Å². The first-order valence-electron chi connectivity index (χ1n) is 3.57. The lowest BCUT2D eigenvalue weighted by Gasteiger charge is -2.03. The Morgan fingerprint density at radius 1 is 1.50 bits per heavy atom. The molecule has 0 saturated heterocycles. The summed E-state index contributed by atoms with van der Waals surface area (Å²) in [6, 6.07) is 3.13. The van der Waals surface area contributed by atoms with Gasteiger partial charge in [0.25, 0.3) is 0 Å². The highest BCUT2D eigenvalue weighted by molar-refractivity contribution is 7.75. The number of halogens is 1. The maximum atomic E-state index is 13.0. The zero-order chi connectivity index (χ0) is 10.7. The van der Waals surface area contributed by atoms with Gasteiger partial charge in [-0.3, -0.25) is 0 Å². The highest BCUT2D eigenvalue weighted by Gasteiger charge is 2.18. The summed E-state index contributed by atoms with van der Waals surface area (Å²) in [5.74, 6) is -1.71. The van der Waals surface area contributed by atoms with Gasteiger partial charge in [-0.2, -0.15) is 0 Å². The smallest absolute Gasteiger partial charge is 0.423 e. The monoisotopic (exact) mass is 216 g/mol. The van der Waals surface area contributed by atoms with Crippen LogP contribution in [0.3, 0.4) is 0 Å². The molecule has 0 atom stereocenters. The fourth-order valence-corrected chi connectivity index (χ4v) is 1.02. The van der Waals surface area contributed by atoms with Crippen molar-refractivity contribution in [2.75, 3.05) is 0 Å². The number of hydrogen-bond acceptors (Lipinski definition) is 5. The molecule has 1 aromatic rings. The van der Waals surface area contributed by atoms with Crippen LogP contribution in [0, 0.1) is 5.82 Å². The van der Waals surface area contributed by atoms with Gasteiger partial charge in [0.1, 0.15) is 5.82 Å². The maximum absolute atomic E-state index is 13.0. The highest BCUT2D eigenvalue weighted by Crippen LogP contribution is 2.05. The van der Waals surface area contributed by atoms with Crippen LogP contribution in [0.5, 0.6) is 0 Å². The number of rotatable bonds is 2. The van der Waals surface area contributed by atoms with Gasteiger partial charge in [-0.1, -0.05) is 6.07 Å². The Morgan fingerprint density at radius 3 is 2.57 bits per heavy atom. The quantitative estimate of drug-likeness (QED) is 0.354. The third-order valence-corrected chi connectivity index (χ3v) is 1.76. The molecule has 1 aromatic carbocycles. The summed E-state index contributed by atoms with van der Waals surface area (Å²) in [6.45, 7) is 0. The molecule has 0 fully saturated rings. The van der Waals surface area contributed by atoms with Gasteiger partial charge >= 0.3 is 13.1 Å². The second kappa shape index (κ2) is 4.45. The number of benzene rings is 1. The molecular formula is C7H6BFO4S. The molecule has 4 nitrogen and oxygen atoms in total. The highest BCUT2D eigenvalue weighted by atomic mass is 32.1. The lowest BCUT2D eigenvalue weighted by atomic mass is 9.79. The average molecular weight is 216 g/mol. The standard InChI is InChI=1S/C7H6BFO4S/c9-6-3-4(7(10)13-14)1-2-5(6)8(11)12/h1-3,11-12,14H. The fraction of sp³-hybridized carbons (Fsp3) is 0. The topological polar surface area (TPSA) is 66.8 Å². The van der Waals surface area contributed by atoms with Gasteiger partial charge in [-0.05, 0) is 12.1 Å². The molecule has 0 aliphatic rings. The second-order valence-electron chi connectivity index (χ2n) is 2.49. The molecule has 0 spiro atoms. The molecule has 0 saturated carbocycles. The fourth-order valence-electron chi connectivity index (χ4n) is 0.916. The van der Waals surface area contributed by atoms with E-state index in [0.29, 0.717) is 0 Å². The molecule has 2 N–H and O–H groups in total. The van der Waals surface area contributed by atoms with E-state index in [1.807, 2.05) is 0 Å². The molecule has 74 valence electrons. The van der Waals surface area contributed by atoms with Crippen LogP contribution in [-0.4, -0.2) is 23.1 Å². The first kappa shape index (κ1) is 11.0. The van der Waals surface area contributed by atoms with E-state index in [1.165, 1.54) is 6.07 Å².